The number of para-hydroxylation sites is 1. The minimum Gasteiger partial charge on any atom is -0.493 e. The second-order valence-corrected chi connectivity index (χ2v) is 10.5. The van der Waals surface area contributed by atoms with E-state index in [0.29, 0.717) is 16.9 Å². The Hall–Kier alpha value is -5.54. The third kappa shape index (κ3) is 4.54. The molecule has 8 nitrogen and oxygen atoms in total. The summed E-state index contributed by atoms with van der Waals surface area (Å²) < 4.78 is 24.5. The van der Waals surface area contributed by atoms with Gasteiger partial charge in [0, 0.05) is 5.39 Å². The number of imide groups is 1. The van der Waals surface area contributed by atoms with Crippen molar-refractivity contribution in [3.63, 3.8) is 0 Å². The van der Waals surface area contributed by atoms with Crippen molar-refractivity contribution in [3.8, 4) is 11.5 Å². The number of anilines is 2. The van der Waals surface area contributed by atoms with Crippen molar-refractivity contribution in [1.29, 1.82) is 0 Å². The van der Waals surface area contributed by atoms with Crippen LogP contribution < -0.4 is 19.4 Å². The van der Waals surface area contributed by atoms with Crippen LogP contribution in [0.2, 0.25) is 0 Å². The smallest absolute Gasteiger partial charge is 0.343 e. The van der Waals surface area contributed by atoms with Crippen LogP contribution in [0.4, 0.5) is 15.8 Å². The Kier molecular flexibility index (Phi) is 6.79. The summed E-state index contributed by atoms with van der Waals surface area (Å²) in [7, 11) is 1.43. The van der Waals surface area contributed by atoms with Gasteiger partial charge in [-0.3, -0.25) is 14.4 Å². The first-order valence-electron chi connectivity index (χ1n) is 14.0. The Balaban J connectivity index is 1.27. The number of amides is 2. The maximum Gasteiger partial charge on any atom is 0.343 e. The molecule has 2 amide bonds. The van der Waals surface area contributed by atoms with Gasteiger partial charge in [-0.1, -0.05) is 60.7 Å². The lowest BCUT2D eigenvalue weighted by Crippen LogP contribution is -2.37. The highest BCUT2D eigenvalue weighted by molar-refractivity contribution is 6.26. The number of carbonyl (C=O) groups excluding carboxylic acids is 3. The summed E-state index contributed by atoms with van der Waals surface area (Å²) in [6, 6.07) is 31.5. The predicted molar refractivity (Wildman–Crippen MR) is 161 cm³/mol. The molecule has 44 heavy (non-hydrogen) atoms. The summed E-state index contributed by atoms with van der Waals surface area (Å²) >= 11 is 0. The molecule has 9 heteroatoms. The number of esters is 1. The number of nitrogens with zero attached hydrogens (tertiary/aromatic N) is 2. The second-order valence-electron chi connectivity index (χ2n) is 10.5. The number of carbonyl (C=O) groups is 3. The minimum absolute atomic E-state index is 0.138. The average Bonchev–Trinajstić information content (AvgIpc) is 3.57. The van der Waals surface area contributed by atoms with E-state index in [9.17, 15) is 18.8 Å². The van der Waals surface area contributed by atoms with Crippen molar-refractivity contribution in [3.05, 3.63) is 132 Å². The van der Waals surface area contributed by atoms with Crippen molar-refractivity contribution in [2.75, 3.05) is 17.1 Å². The van der Waals surface area contributed by atoms with Crippen LogP contribution in [-0.4, -0.2) is 31.0 Å². The summed E-state index contributed by atoms with van der Waals surface area (Å²) in [5.74, 6) is -2.49. The zero-order valence-electron chi connectivity index (χ0n) is 23.4. The molecule has 0 unspecified atom stereocenters. The normalized spacial score (nSPS) is 19.4. The van der Waals surface area contributed by atoms with E-state index < -0.39 is 35.8 Å². The zero-order valence-corrected chi connectivity index (χ0v) is 23.4. The molecular weight excluding hydrogens is 563 g/mol. The lowest BCUT2D eigenvalue weighted by molar-refractivity contribution is -0.126. The third-order valence-electron chi connectivity index (χ3n) is 7.95. The number of rotatable bonds is 6. The molecule has 218 valence electrons. The topological polar surface area (TPSA) is 85.4 Å². The fourth-order valence-corrected chi connectivity index (χ4v) is 5.89. The fourth-order valence-electron chi connectivity index (χ4n) is 5.89. The van der Waals surface area contributed by atoms with Crippen LogP contribution in [0.1, 0.15) is 22.0 Å². The van der Waals surface area contributed by atoms with E-state index in [1.165, 1.54) is 36.3 Å². The molecule has 3 atom stereocenters. The highest BCUT2D eigenvalue weighted by atomic mass is 19.1. The number of hydrogen-bond acceptors (Lipinski definition) is 7. The highest BCUT2D eigenvalue weighted by Gasteiger charge is 2.60. The molecule has 2 saturated heterocycles. The van der Waals surface area contributed by atoms with Gasteiger partial charge < -0.3 is 9.47 Å². The van der Waals surface area contributed by atoms with Gasteiger partial charge in [0.1, 0.15) is 11.7 Å². The summed E-state index contributed by atoms with van der Waals surface area (Å²) in [4.78, 5) is 48.4. The summed E-state index contributed by atoms with van der Waals surface area (Å²) in [5, 5.41) is 3.27. The van der Waals surface area contributed by atoms with Crippen molar-refractivity contribution < 1.29 is 33.1 Å². The molecule has 0 aliphatic carbocycles. The first-order valence-corrected chi connectivity index (χ1v) is 14.0. The van der Waals surface area contributed by atoms with E-state index in [-0.39, 0.29) is 23.0 Å². The third-order valence-corrected chi connectivity index (χ3v) is 7.95. The van der Waals surface area contributed by atoms with Crippen LogP contribution in [0, 0.1) is 11.7 Å². The predicted octanol–water partition coefficient (Wildman–Crippen LogP) is 6.26. The molecule has 0 bridgehead atoms. The van der Waals surface area contributed by atoms with Gasteiger partial charge in [0.05, 0.1) is 30.1 Å². The Morgan fingerprint density at radius 3 is 2.30 bits per heavy atom. The van der Waals surface area contributed by atoms with Crippen LogP contribution in [0.25, 0.3) is 10.8 Å². The Morgan fingerprint density at radius 2 is 1.52 bits per heavy atom. The highest BCUT2D eigenvalue weighted by Crippen LogP contribution is 2.49. The van der Waals surface area contributed by atoms with Crippen molar-refractivity contribution in [2.24, 2.45) is 5.92 Å². The van der Waals surface area contributed by atoms with Crippen LogP contribution in [0.15, 0.2) is 115 Å². The summed E-state index contributed by atoms with van der Waals surface area (Å²) in [5.41, 5.74) is 1.95. The van der Waals surface area contributed by atoms with Gasteiger partial charge in [-0.2, -0.15) is 0 Å². The van der Waals surface area contributed by atoms with Crippen LogP contribution in [-0.2, 0) is 14.4 Å². The number of halogens is 1. The van der Waals surface area contributed by atoms with Crippen molar-refractivity contribution in [2.45, 2.75) is 12.1 Å². The van der Waals surface area contributed by atoms with Crippen molar-refractivity contribution >= 4 is 39.9 Å². The maximum absolute atomic E-state index is 14.2. The van der Waals surface area contributed by atoms with Gasteiger partial charge in [0.15, 0.2) is 17.6 Å². The maximum atomic E-state index is 14.2. The first-order chi connectivity index (χ1) is 21.4. The lowest BCUT2D eigenvalue weighted by Gasteiger charge is -2.29. The monoisotopic (exact) mass is 588 g/mol. The van der Waals surface area contributed by atoms with Crippen LogP contribution in [0.3, 0.4) is 0 Å². The van der Waals surface area contributed by atoms with E-state index in [2.05, 4.69) is 0 Å². The van der Waals surface area contributed by atoms with E-state index in [0.717, 1.165) is 10.8 Å². The number of fused-ring (bicyclic) bond motifs is 2. The Morgan fingerprint density at radius 1 is 0.795 bits per heavy atom. The van der Waals surface area contributed by atoms with Gasteiger partial charge in [-0.05, 0) is 65.5 Å². The molecule has 5 aromatic carbocycles. The van der Waals surface area contributed by atoms with Gasteiger partial charge >= 0.3 is 5.97 Å². The molecule has 0 radical (unpaired) electrons. The van der Waals surface area contributed by atoms with E-state index in [1.54, 1.807) is 29.3 Å². The molecule has 2 aliphatic rings. The van der Waals surface area contributed by atoms with Gasteiger partial charge in [0.2, 0.25) is 5.91 Å². The molecule has 0 saturated carbocycles. The number of ether oxygens (including phenoxy) is 2. The average molecular weight is 589 g/mol. The molecule has 0 spiro atoms. The number of benzene rings is 5. The molecule has 2 heterocycles. The van der Waals surface area contributed by atoms with Gasteiger partial charge in [-0.25, -0.2) is 19.1 Å². The standard InChI is InChI=1S/C35H25FN2O6/c1-42-29-20-23(16-19-28(29)43-35(41)22-14-17-24(36)18-15-22)31-30-32(44-38(31)25-10-3-2-4-11-25)34(40)37(33(30)39)27-13-7-9-21-8-5-6-12-26(21)27/h2-20,30-32H,1H3/t30-,31-,32+/m1/s1. The molecule has 5 aromatic rings. The van der Waals surface area contributed by atoms with Gasteiger partial charge in [0.25, 0.3) is 5.91 Å². The SMILES string of the molecule is COc1cc([C@@H]2[C@H]3C(=O)N(c4cccc5ccccc45)C(=O)[C@H]3ON2c2ccccc2)ccc1OC(=O)c1ccc(F)cc1. The lowest BCUT2D eigenvalue weighted by atomic mass is 9.90. The number of hydroxylamine groups is 1. The van der Waals surface area contributed by atoms with Crippen LogP contribution >= 0.6 is 0 Å². The second kappa shape index (κ2) is 10.9. The van der Waals surface area contributed by atoms with Gasteiger partial charge in [-0.15, -0.1) is 0 Å². The minimum atomic E-state index is -1.06. The molecular formula is C35H25FN2O6. The summed E-state index contributed by atoms with van der Waals surface area (Å²) in [6.45, 7) is 0. The quantitative estimate of drug-likeness (QED) is 0.132. The van der Waals surface area contributed by atoms with E-state index >= 15 is 0 Å². The van der Waals surface area contributed by atoms with E-state index in [4.69, 9.17) is 14.3 Å². The Labute approximate surface area is 251 Å². The van der Waals surface area contributed by atoms with E-state index in [1.807, 2.05) is 66.7 Å². The molecule has 0 aromatic heterocycles. The largest absolute Gasteiger partial charge is 0.493 e. The fraction of sp³-hybridized carbons (Fsp3) is 0.114. The molecule has 7 rings (SSSR count). The Bertz CT molecular complexity index is 1910. The summed E-state index contributed by atoms with van der Waals surface area (Å²) in [6.07, 6.45) is -1.06. The van der Waals surface area contributed by atoms with Crippen molar-refractivity contribution in [1.82, 2.24) is 0 Å². The first kappa shape index (κ1) is 27.3. The van der Waals surface area contributed by atoms with Crippen LogP contribution in [0.5, 0.6) is 11.5 Å². The molecule has 2 aliphatic heterocycles. The number of methoxy groups -OCH3 is 1. The zero-order chi connectivity index (χ0) is 30.4. The molecule has 2 fully saturated rings. The number of hydrogen-bond donors (Lipinski definition) is 0. The molecule has 0 N–H and O–H groups in total.